The number of hydrogen-bond donors (Lipinski definition) is 1. The highest BCUT2D eigenvalue weighted by molar-refractivity contribution is 6.43. The van der Waals surface area contributed by atoms with Crippen molar-refractivity contribution in [3.8, 4) is 5.75 Å². The molecule has 0 aliphatic rings. The first kappa shape index (κ1) is 17.3. The van der Waals surface area contributed by atoms with Gasteiger partial charge in [-0.3, -0.25) is 4.79 Å². The third-order valence-electron chi connectivity index (χ3n) is 3.08. The van der Waals surface area contributed by atoms with Crippen molar-refractivity contribution < 1.29 is 9.53 Å². The maximum absolute atomic E-state index is 11.7. The largest absolute Gasteiger partial charge is 0.484 e. The van der Waals surface area contributed by atoms with Gasteiger partial charge < -0.3 is 4.74 Å². The second-order valence-electron chi connectivity index (χ2n) is 4.72. The van der Waals surface area contributed by atoms with Crippen molar-refractivity contribution >= 4 is 35.3 Å². The van der Waals surface area contributed by atoms with E-state index in [4.69, 9.17) is 27.9 Å². The van der Waals surface area contributed by atoms with Crippen molar-refractivity contribution in [3.63, 3.8) is 0 Å². The van der Waals surface area contributed by atoms with Crippen LogP contribution in [0.3, 0.4) is 0 Å². The van der Waals surface area contributed by atoms with E-state index in [1.807, 2.05) is 24.3 Å². The van der Waals surface area contributed by atoms with Gasteiger partial charge in [0.05, 0.1) is 16.3 Å². The quantitative estimate of drug-likeness (QED) is 0.630. The molecule has 0 unspecified atom stereocenters. The highest BCUT2D eigenvalue weighted by atomic mass is 35.5. The van der Waals surface area contributed by atoms with Crippen LogP contribution < -0.4 is 10.2 Å². The first-order chi connectivity index (χ1) is 11.1. The van der Waals surface area contributed by atoms with Gasteiger partial charge in [0.15, 0.2) is 6.61 Å². The van der Waals surface area contributed by atoms with Crippen molar-refractivity contribution in [2.45, 2.75) is 13.3 Å². The molecule has 0 heterocycles. The van der Waals surface area contributed by atoms with Gasteiger partial charge in [-0.2, -0.15) is 5.10 Å². The lowest BCUT2D eigenvalue weighted by molar-refractivity contribution is -0.123. The number of hydrogen-bond acceptors (Lipinski definition) is 3. The normalized spacial score (nSPS) is 10.7. The average Bonchev–Trinajstić information content (AvgIpc) is 2.57. The predicted octanol–water partition coefficient (Wildman–Crippen LogP) is 4.08. The molecule has 2 aromatic carbocycles. The van der Waals surface area contributed by atoms with Gasteiger partial charge >= 0.3 is 0 Å². The van der Waals surface area contributed by atoms with E-state index in [2.05, 4.69) is 17.5 Å². The summed E-state index contributed by atoms with van der Waals surface area (Å²) in [5.41, 5.74) is 4.21. The number of amides is 1. The van der Waals surface area contributed by atoms with Crippen molar-refractivity contribution in [2.75, 3.05) is 6.61 Å². The fraction of sp³-hybridized carbons (Fsp3) is 0.176. The van der Waals surface area contributed by atoms with Crippen LogP contribution in [-0.4, -0.2) is 18.7 Å². The number of carbonyl (C=O) groups is 1. The van der Waals surface area contributed by atoms with Crippen LogP contribution in [0.2, 0.25) is 10.0 Å². The van der Waals surface area contributed by atoms with Crippen LogP contribution in [0.15, 0.2) is 47.6 Å². The standard InChI is InChI=1S/C17H16Cl2N2O2/c1-2-12-6-8-14(9-7-12)23-11-16(22)21-20-10-13-4-3-5-15(18)17(13)19/h3-10H,2,11H2,1H3,(H,21,22). The van der Waals surface area contributed by atoms with Gasteiger partial charge in [0, 0.05) is 5.56 Å². The fourth-order valence-corrected chi connectivity index (χ4v) is 2.15. The minimum absolute atomic E-state index is 0.119. The number of aryl methyl sites for hydroxylation is 1. The number of carbonyl (C=O) groups excluding carboxylic acids is 1. The van der Waals surface area contributed by atoms with E-state index in [0.717, 1.165) is 6.42 Å². The maximum Gasteiger partial charge on any atom is 0.277 e. The zero-order valence-corrected chi connectivity index (χ0v) is 14.1. The predicted molar refractivity (Wildman–Crippen MR) is 93.5 cm³/mol. The Hall–Kier alpha value is -2.04. The molecule has 0 aliphatic heterocycles. The number of hydrazone groups is 1. The molecular formula is C17H16Cl2N2O2. The summed E-state index contributed by atoms with van der Waals surface area (Å²) in [4.78, 5) is 11.7. The SMILES string of the molecule is CCc1ccc(OCC(=O)NN=Cc2cccc(Cl)c2Cl)cc1. The Morgan fingerprint density at radius 1 is 1.22 bits per heavy atom. The molecule has 2 rings (SSSR count). The van der Waals surface area contributed by atoms with Crippen LogP contribution in [-0.2, 0) is 11.2 Å². The molecule has 6 heteroatoms. The van der Waals surface area contributed by atoms with E-state index in [1.54, 1.807) is 18.2 Å². The highest BCUT2D eigenvalue weighted by Gasteiger charge is 2.03. The highest BCUT2D eigenvalue weighted by Crippen LogP contribution is 2.24. The van der Waals surface area contributed by atoms with E-state index >= 15 is 0 Å². The Kier molecular flexibility index (Phi) is 6.44. The second-order valence-corrected chi connectivity index (χ2v) is 5.51. The fourth-order valence-electron chi connectivity index (χ4n) is 1.80. The van der Waals surface area contributed by atoms with Gasteiger partial charge in [-0.25, -0.2) is 5.43 Å². The molecule has 4 nitrogen and oxygen atoms in total. The summed E-state index contributed by atoms with van der Waals surface area (Å²) in [5.74, 6) is 0.276. The van der Waals surface area contributed by atoms with Gasteiger partial charge in [-0.1, -0.05) is 54.4 Å². The topological polar surface area (TPSA) is 50.7 Å². The molecule has 0 fully saturated rings. The minimum Gasteiger partial charge on any atom is -0.484 e. The number of benzene rings is 2. The van der Waals surface area contributed by atoms with Gasteiger partial charge in [-0.05, 0) is 30.2 Å². The molecule has 1 N–H and O–H groups in total. The smallest absolute Gasteiger partial charge is 0.277 e. The van der Waals surface area contributed by atoms with Gasteiger partial charge in [0.25, 0.3) is 5.91 Å². The van der Waals surface area contributed by atoms with Crippen molar-refractivity contribution in [1.82, 2.24) is 5.43 Å². The summed E-state index contributed by atoms with van der Waals surface area (Å²) in [7, 11) is 0. The van der Waals surface area contributed by atoms with Crippen LogP contribution >= 0.6 is 23.2 Å². The lowest BCUT2D eigenvalue weighted by Crippen LogP contribution is -2.24. The number of nitrogens with zero attached hydrogens (tertiary/aromatic N) is 1. The van der Waals surface area contributed by atoms with Crippen LogP contribution in [0, 0.1) is 0 Å². The maximum atomic E-state index is 11.7. The number of halogens is 2. The molecule has 0 saturated carbocycles. The van der Waals surface area contributed by atoms with Crippen LogP contribution in [0.5, 0.6) is 5.75 Å². The number of rotatable bonds is 6. The van der Waals surface area contributed by atoms with Crippen LogP contribution in [0.4, 0.5) is 0 Å². The Morgan fingerprint density at radius 2 is 1.96 bits per heavy atom. The van der Waals surface area contributed by atoms with E-state index in [1.165, 1.54) is 11.8 Å². The number of nitrogens with one attached hydrogen (secondary N) is 1. The second kappa shape index (κ2) is 8.56. The first-order valence-electron chi connectivity index (χ1n) is 7.07. The van der Waals surface area contributed by atoms with Gasteiger partial charge in [-0.15, -0.1) is 0 Å². The molecule has 2 aromatic rings. The molecule has 23 heavy (non-hydrogen) atoms. The summed E-state index contributed by atoms with van der Waals surface area (Å²) >= 11 is 11.9. The van der Waals surface area contributed by atoms with E-state index in [9.17, 15) is 4.79 Å². The molecular weight excluding hydrogens is 335 g/mol. The molecule has 0 radical (unpaired) electrons. The molecule has 0 atom stereocenters. The lowest BCUT2D eigenvalue weighted by atomic mass is 10.2. The third-order valence-corrected chi connectivity index (χ3v) is 3.91. The molecule has 0 bridgehead atoms. The zero-order chi connectivity index (χ0) is 16.7. The summed E-state index contributed by atoms with van der Waals surface area (Å²) in [5, 5.41) is 4.66. The Morgan fingerprint density at radius 3 is 2.65 bits per heavy atom. The Labute approximate surface area is 145 Å². The average molecular weight is 351 g/mol. The lowest BCUT2D eigenvalue weighted by Gasteiger charge is -2.05. The van der Waals surface area contributed by atoms with Crippen molar-refractivity contribution in [3.05, 3.63) is 63.6 Å². The van der Waals surface area contributed by atoms with Crippen LogP contribution in [0.1, 0.15) is 18.1 Å². The van der Waals surface area contributed by atoms with Crippen molar-refractivity contribution in [2.24, 2.45) is 5.10 Å². The van der Waals surface area contributed by atoms with E-state index in [0.29, 0.717) is 21.4 Å². The van der Waals surface area contributed by atoms with Gasteiger partial charge in [0.2, 0.25) is 0 Å². The molecule has 0 saturated heterocycles. The summed E-state index contributed by atoms with van der Waals surface area (Å²) in [6.45, 7) is 1.96. The zero-order valence-electron chi connectivity index (χ0n) is 12.6. The first-order valence-corrected chi connectivity index (χ1v) is 7.83. The van der Waals surface area contributed by atoms with E-state index in [-0.39, 0.29) is 12.5 Å². The van der Waals surface area contributed by atoms with E-state index < -0.39 is 0 Å². The summed E-state index contributed by atoms with van der Waals surface area (Å²) in [6, 6.07) is 12.8. The monoisotopic (exact) mass is 350 g/mol. The molecule has 0 aromatic heterocycles. The molecule has 1 amide bonds. The molecule has 0 aliphatic carbocycles. The van der Waals surface area contributed by atoms with Crippen LogP contribution in [0.25, 0.3) is 0 Å². The third kappa shape index (κ3) is 5.27. The molecule has 0 spiro atoms. The number of ether oxygens (including phenoxy) is 1. The van der Waals surface area contributed by atoms with Crippen molar-refractivity contribution in [1.29, 1.82) is 0 Å². The minimum atomic E-state index is -0.362. The molecule has 120 valence electrons. The Balaban J connectivity index is 1.82. The summed E-state index contributed by atoms with van der Waals surface area (Å²) in [6.07, 6.45) is 2.39. The Bertz CT molecular complexity index is 700. The summed E-state index contributed by atoms with van der Waals surface area (Å²) < 4.78 is 5.38. The van der Waals surface area contributed by atoms with Gasteiger partial charge in [0.1, 0.15) is 5.75 Å².